The Labute approximate surface area is 66.5 Å². The normalized spacial score (nSPS) is 12.8. The van der Waals surface area contributed by atoms with Crippen LogP contribution in [0.15, 0.2) is 24.9 Å². The van der Waals surface area contributed by atoms with E-state index in [9.17, 15) is 0 Å². The van der Waals surface area contributed by atoms with E-state index in [2.05, 4.69) is 29.0 Å². The molecule has 1 atom stereocenters. The van der Waals surface area contributed by atoms with Gasteiger partial charge in [0.15, 0.2) is 0 Å². The summed E-state index contributed by atoms with van der Waals surface area (Å²) in [6, 6.07) is 2.29. The van der Waals surface area contributed by atoms with Crippen LogP contribution in [0.4, 0.5) is 0 Å². The molecule has 11 heavy (non-hydrogen) atoms. The van der Waals surface area contributed by atoms with Crippen molar-refractivity contribution in [3.8, 4) is 0 Å². The summed E-state index contributed by atoms with van der Waals surface area (Å²) in [7, 11) is 0. The van der Waals surface area contributed by atoms with Crippen LogP contribution in [0.3, 0.4) is 0 Å². The molecular formula is C8H13N3. The van der Waals surface area contributed by atoms with Crippen molar-refractivity contribution in [2.24, 2.45) is 0 Å². The number of nitrogens with one attached hydrogen (secondary N) is 2. The summed E-state index contributed by atoms with van der Waals surface area (Å²) >= 11 is 0. The van der Waals surface area contributed by atoms with E-state index < -0.39 is 0 Å². The van der Waals surface area contributed by atoms with Gasteiger partial charge in [-0.2, -0.15) is 5.10 Å². The van der Waals surface area contributed by atoms with E-state index in [1.54, 1.807) is 6.20 Å². The van der Waals surface area contributed by atoms with E-state index >= 15 is 0 Å². The van der Waals surface area contributed by atoms with Crippen molar-refractivity contribution < 1.29 is 0 Å². The van der Waals surface area contributed by atoms with Gasteiger partial charge in [-0.3, -0.25) is 5.10 Å². The van der Waals surface area contributed by atoms with Crippen LogP contribution < -0.4 is 5.32 Å². The first-order chi connectivity index (χ1) is 5.33. The molecule has 0 spiro atoms. The molecule has 1 unspecified atom stereocenters. The molecule has 0 bridgehead atoms. The monoisotopic (exact) mass is 151 g/mol. The average molecular weight is 151 g/mol. The Hall–Kier alpha value is -1.09. The van der Waals surface area contributed by atoms with E-state index in [0.717, 1.165) is 12.2 Å². The van der Waals surface area contributed by atoms with Gasteiger partial charge in [-0.15, -0.1) is 6.58 Å². The SMILES string of the molecule is C=CC(C)NCc1ccn[nH]1. The molecule has 0 amide bonds. The predicted molar refractivity (Wildman–Crippen MR) is 45.1 cm³/mol. The minimum atomic E-state index is 0.346. The Bertz CT molecular complexity index is 203. The lowest BCUT2D eigenvalue weighted by atomic mass is 10.3. The highest BCUT2D eigenvalue weighted by Gasteiger charge is 1.95. The van der Waals surface area contributed by atoms with Crippen molar-refractivity contribution >= 4 is 0 Å². The van der Waals surface area contributed by atoms with Crippen molar-refractivity contribution in [2.45, 2.75) is 19.5 Å². The summed E-state index contributed by atoms with van der Waals surface area (Å²) < 4.78 is 0. The van der Waals surface area contributed by atoms with Crippen LogP contribution in [0, 0.1) is 0 Å². The van der Waals surface area contributed by atoms with Gasteiger partial charge in [-0.1, -0.05) is 6.08 Å². The Morgan fingerprint density at radius 1 is 1.91 bits per heavy atom. The van der Waals surface area contributed by atoms with Crippen molar-refractivity contribution in [1.82, 2.24) is 15.5 Å². The minimum Gasteiger partial charge on any atom is -0.305 e. The highest BCUT2D eigenvalue weighted by molar-refractivity contribution is 4.97. The Kier molecular flexibility index (Phi) is 2.86. The molecule has 0 saturated heterocycles. The number of hydrogen-bond acceptors (Lipinski definition) is 2. The fourth-order valence-electron chi connectivity index (χ4n) is 0.737. The van der Waals surface area contributed by atoms with E-state index in [-0.39, 0.29) is 0 Å². The van der Waals surface area contributed by atoms with Gasteiger partial charge in [0.2, 0.25) is 0 Å². The summed E-state index contributed by atoms with van der Waals surface area (Å²) in [5, 5.41) is 9.95. The van der Waals surface area contributed by atoms with Gasteiger partial charge < -0.3 is 5.32 Å². The van der Waals surface area contributed by atoms with E-state index in [4.69, 9.17) is 0 Å². The molecule has 0 radical (unpaired) electrons. The molecule has 2 N–H and O–H groups in total. The maximum absolute atomic E-state index is 3.84. The third kappa shape index (κ3) is 2.55. The molecule has 60 valence electrons. The number of hydrogen-bond donors (Lipinski definition) is 2. The first-order valence-electron chi connectivity index (χ1n) is 3.67. The Morgan fingerprint density at radius 3 is 3.27 bits per heavy atom. The Morgan fingerprint density at radius 2 is 2.73 bits per heavy atom. The van der Waals surface area contributed by atoms with Gasteiger partial charge in [0.05, 0.1) is 0 Å². The molecule has 0 aliphatic carbocycles. The molecule has 1 aromatic heterocycles. The number of rotatable bonds is 4. The summed E-state index contributed by atoms with van der Waals surface area (Å²) in [5.41, 5.74) is 1.10. The molecule has 0 fully saturated rings. The van der Waals surface area contributed by atoms with Crippen LogP contribution >= 0.6 is 0 Å². The van der Waals surface area contributed by atoms with Gasteiger partial charge in [0, 0.05) is 24.5 Å². The summed E-state index contributed by atoms with van der Waals surface area (Å²) in [5.74, 6) is 0. The fourth-order valence-corrected chi connectivity index (χ4v) is 0.737. The van der Waals surface area contributed by atoms with Crippen molar-refractivity contribution in [1.29, 1.82) is 0 Å². The van der Waals surface area contributed by atoms with Crippen molar-refractivity contribution in [3.63, 3.8) is 0 Å². The highest BCUT2D eigenvalue weighted by atomic mass is 15.1. The number of H-pyrrole nitrogens is 1. The first-order valence-corrected chi connectivity index (χ1v) is 3.67. The lowest BCUT2D eigenvalue weighted by molar-refractivity contribution is 0.623. The van der Waals surface area contributed by atoms with Crippen LogP contribution in [-0.4, -0.2) is 16.2 Å². The van der Waals surface area contributed by atoms with Gasteiger partial charge in [-0.25, -0.2) is 0 Å². The first kappa shape index (κ1) is 8.01. The fraction of sp³-hybridized carbons (Fsp3) is 0.375. The molecule has 0 aliphatic heterocycles. The number of nitrogens with zero attached hydrogens (tertiary/aromatic N) is 1. The maximum atomic E-state index is 3.84. The molecule has 1 heterocycles. The third-order valence-corrected chi connectivity index (χ3v) is 1.53. The van der Waals surface area contributed by atoms with Crippen LogP contribution in [0.2, 0.25) is 0 Å². The third-order valence-electron chi connectivity index (χ3n) is 1.53. The van der Waals surface area contributed by atoms with Gasteiger partial charge in [-0.05, 0) is 13.0 Å². The quantitative estimate of drug-likeness (QED) is 0.632. The molecule has 0 aromatic carbocycles. The largest absolute Gasteiger partial charge is 0.305 e. The predicted octanol–water partition coefficient (Wildman–Crippen LogP) is 1.07. The van der Waals surface area contributed by atoms with Gasteiger partial charge >= 0.3 is 0 Å². The summed E-state index contributed by atoms with van der Waals surface area (Å²) in [6.45, 7) is 6.54. The van der Waals surface area contributed by atoms with Gasteiger partial charge in [0.1, 0.15) is 0 Å². The molecule has 3 nitrogen and oxygen atoms in total. The number of aromatic nitrogens is 2. The number of aromatic amines is 1. The second-order valence-corrected chi connectivity index (χ2v) is 2.49. The molecule has 1 rings (SSSR count). The summed E-state index contributed by atoms with van der Waals surface area (Å²) in [4.78, 5) is 0. The van der Waals surface area contributed by atoms with Gasteiger partial charge in [0.25, 0.3) is 0 Å². The zero-order valence-corrected chi connectivity index (χ0v) is 6.67. The van der Waals surface area contributed by atoms with Crippen LogP contribution in [-0.2, 0) is 6.54 Å². The zero-order chi connectivity index (χ0) is 8.10. The standard InChI is InChI=1S/C8H13N3/c1-3-7(2)9-6-8-4-5-10-11-8/h3-5,7,9H,1,6H2,2H3,(H,10,11). The van der Waals surface area contributed by atoms with Crippen LogP contribution in [0.25, 0.3) is 0 Å². The maximum Gasteiger partial charge on any atom is 0.0490 e. The molecular weight excluding hydrogens is 138 g/mol. The second kappa shape index (κ2) is 3.93. The highest BCUT2D eigenvalue weighted by Crippen LogP contribution is 1.91. The lowest BCUT2D eigenvalue weighted by Crippen LogP contribution is -2.23. The van der Waals surface area contributed by atoms with E-state index in [1.807, 2.05) is 12.1 Å². The van der Waals surface area contributed by atoms with E-state index in [1.165, 1.54) is 0 Å². The summed E-state index contributed by atoms with van der Waals surface area (Å²) in [6.07, 6.45) is 3.62. The molecule has 0 aliphatic rings. The topological polar surface area (TPSA) is 40.7 Å². The zero-order valence-electron chi connectivity index (χ0n) is 6.67. The van der Waals surface area contributed by atoms with E-state index in [0.29, 0.717) is 6.04 Å². The minimum absolute atomic E-state index is 0.346. The lowest BCUT2D eigenvalue weighted by Gasteiger charge is -2.06. The second-order valence-electron chi connectivity index (χ2n) is 2.49. The Balaban J connectivity index is 2.28. The van der Waals surface area contributed by atoms with Crippen LogP contribution in [0.1, 0.15) is 12.6 Å². The van der Waals surface area contributed by atoms with Crippen LogP contribution in [0.5, 0.6) is 0 Å². The van der Waals surface area contributed by atoms with Crippen molar-refractivity contribution in [2.75, 3.05) is 0 Å². The van der Waals surface area contributed by atoms with Crippen molar-refractivity contribution in [3.05, 3.63) is 30.6 Å². The molecule has 3 heteroatoms. The molecule has 0 saturated carbocycles. The smallest absolute Gasteiger partial charge is 0.0490 e. The molecule has 1 aromatic rings. The average Bonchev–Trinajstić information content (AvgIpc) is 2.52.